The van der Waals surface area contributed by atoms with Crippen LogP contribution in [0.3, 0.4) is 0 Å². The summed E-state index contributed by atoms with van der Waals surface area (Å²) in [5.74, 6) is 0. The van der Waals surface area contributed by atoms with Crippen LogP contribution in [-0.2, 0) is 15.5 Å². The van der Waals surface area contributed by atoms with E-state index in [9.17, 15) is 0 Å². The molecule has 1 atom stereocenters. The van der Waals surface area contributed by atoms with Crippen molar-refractivity contribution < 1.29 is 17.4 Å². The lowest BCUT2D eigenvalue weighted by Crippen LogP contribution is -2.50. The van der Waals surface area contributed by atoms with E-state index in [4.69, 9.17) is 8.76 Å². The fourth-order valence-electron chi connectivity index (χ4n) is 2.64. The van der Waals surface area contributed by atoms with Crippen molar-refractivity contribution in [1.82, 2.24) is 0 Å². The minimum atomic E-state index is -2.32. The largest absolute Gasteiger partial charge is 0.750 e. The summed E-state index contributed by atoms with van der Waals surface area (Å²) in [6.45, 7) is 15.0. The van der Waals surface area contributed by atoms with Gasteiger partial charge in [-0.05, 0) is 25.7 Å². The Morgan fingerprint density at radius 1 is 0.773 bits per heavy atom. The van der Waals surface area contributed by atoms with E-state index < -0.39 is 11.4 Å². The Balaban J connectivity index is 0. The summed E-state index contributed by atoms with van der Waals surface area (Å²) < 4.78 is 23.4. The van der Waals surface area contributed by atoms with Crippen LogP contribution in [-0.4, -0.2) is 46.5 Å². The Morgan fingerprint density at radius 2 is 1.00 bits per heavy atom. The summed E-state index contributed by atoms with van der Waals surface area (Å²) in [6, 6.07) is 0. The maximum atomic E-state index is 9.15. The van der Waals surface area contributed by atoms with Gasteiger partial charge in [0.2, 0.25) is 0 Å². The fourth-order valence-corrected chi connectivity index (χ4v) is 2.64. The zero-order valence-electron chi connectivity index (χ0n) is 15.6. The number of unbranched alkanes of at least 4 members (excludes halogenated alkanes) is 4. The average molecular weight is 338 g/mol. The molecule has 0 aliphatic heterocycles. The van der Waals surface area contributed by atoms with Crippen LogP contribution in [0.1, 0.15) is 79.1 Å². The normalized spacial score (nSPS) is 12.6. The van der Waals surface area contributed by atoms with Gasteiger partial charge in [0.25, 0.3) is 0 Å². The molecule has 0 saturated heterocycles. The number of hydrogen-bond acceptors (Lipinski definition) is 3. The van der Waals surface area contributed by atoms with Crippen molar-refractivity contribution >= 4 is 11.4 Å². The first-order valence-corrected chi connectivity index (χ1v) is 10.0. The highest BCUT2D eigenvalue weighted by molar-refractivity contribution is 7.74. The van der Waals surface area contributed by atoms with Gasteiger partial charge in [-0.15, -0.1) is 0 Å². The van der Waals surface area contributed by atoms with Crippen LogP contribution in [0.25, 0.3) is 0 Å². The zero-order chi connectivity index (χ0) is 17.3. The summed E-state index contributed by atoms with van der Waals surface area (Å²) in [5, 5.41) is 0. The van der Waals surface area contributed by atoms with Crippen LogP contribution in [0.4, 0.5) is 0 Å². The monoisotopic (exact) mass is 337 g/mol. The third-order valence-corrected chi connectivity index (χ3v) is 4.35. The Bertz CT molecular complexity index is 213. The van der Waals surface area contributed by atoms with Gasteiger partial charge >= 0.3 is 0 Å². The molecule has 0 amide bonds. The number of rotatable bonds is 13. The molecule has 0 N–H and O–H groups in total. The van der Waals surface area contributed by atoms with E-state index in [1.165, 1.54) is 82.0 Å². The topological polar surface area (TPSA) is 49.4 Å². The molecule has 1 unspecified atom stereocenters. The van der Waals surface area contributed by atoms with Gasteiger partial charge in [-0.1, -0.05) is 53.4 Å². The summed E-state index contributed by atoms with van der Waals surface area (Å²) in [7, 11) is 1.09. The third kappa shape index (κ3) is 14.9. The molecule has 5 heteroatoms. The van der Waals surface area contributed by atoms with Gasteiger partial charge in [0.1, 0.15) is 0 Å². The molecule has 0 rings (SSSR count). The van der Waals surface area contributed by atoms with E-state index in [1.807, 2.05) is 0 Å². The van der Waals surface area contributed by atoms with Crippen molar-refractivity contribution in [2.24, 2.45) is 0 Å². The molecule has 22 heavy (non-hydrogen) atoms. The molecule has 0 saturated carbocycles. The molecular weight excluding hydrogens is 298 g/mol. The zero-order valence-corrected chi connectivity index (χ0v) is 16.4. The molecule has 0 fully saturated rings. The average Bonchev–Trinajstić information content (AvgIpc) is 2.54. The lowest BCUT2D eigenvalue weighted by molar-refractivity contribution is -0.929. The number of quaternary nitrogens is 1. The minimum absolute atomic E-state index is 1.09. The summed E-state index contributed by atoms with van der Waals surface area (Å²) in [5.41, 5.74) is 0. The highest BCUT2D eigenvalue weighted by Gasteiger charge is 2.24. The van der Waals surface area contributed by atoms with Crippen molar-refractivity contribution in [3.8, 4) is 0 Å². The van der Waals surface area contributed by atoms with Crippen molar-refractivity contribution in [2.45, 2.75) is 79.1 Å². The van der Waals surface area contributed by atoms with Gasteiger partial charge in [-0.2, -0.15) is 0 Å². The Kier molecular flexibility index (Phi) is 19.2. The Hall–Kier alpha value is 0.0300. The van der Waals surface area contributed by atoms with Gasteiger partial charge in [0.05, 0.1) is 44.7 Å². The lowest BCUT2D eigenvalue weighted by atomic mass is 10.1. The number of hydrogen-bond donors (Lipinski definition) is 0. The maximum absolute atomic E-state index is 9.15. The predicted octanol–water partition coefficient (Wildman–Crippen LogP) is 4.43. The summed E-state index contributed by atoms with van der Waals surface area (Å²) in [6.07, 6.45) is 11.1. The van der Waals surface area contributed by atoms with E-state index in [2.05, 4.69) is 31.9 Å². The van der Waals surface area contributed by atoms with Crippen LogP contribution >= 0.6 is 0 Å². The first-order valence-electron chi connectivity index (χ1n) is 9.00. The van der Waals surface area contributed by atoms with E-state index in [0.717, 1.165) is 7.11 Å². The molecular formula is C17H39NO3S. The maximum Gasteiger partial charge on any atom is 0.0839 e. The molecule has 0 radical (unpaired) electrons. The quantitative estimate of drug-likeness (QED) is 0.369. The lowest BCUT2D eigenvalue weighted by Gasteiger charge is -2.39. The molecule has 0 aliphatic rings. The third-order valence-electron chi connectivity index (χ3n) is 4.08. The number of nitrogens with zero attached hydrogens (tertiary/aromatic N) is 1. The molecule has 0 aromatic carbocycles. The van der Waals surface area contributed by atoms with Crippen molar-refractivity contribution in [1.29, 1.82) is 0 Å². The first kappa shape index (κ1) is 24.3. The van der Waals surface area contributed by atoms with E-state index >= 15 is 0 Å². The van der Waals surface area contributed by atoms with Crippen molar-refractivity contribution in [3.63, 3.8) is 0 Å². The molecule has 0 bridgehead atoms. The molecule has 136 valence electrons. The second kappa shape index (κ2) is 17.4. The SMILES string of the molecule is CCCC[N+](CCCC)(CCCC)CCCC.COS(=O)[O-]. The van der Waals surface area contributed by atoms with Crippen LogP contribution in [0.2, 0.25) is 0 Å². The van der Waals surface area contributed by atoms with Gasteiger partial charge in [0.15, 0.2) is 0 Å². The van der Waals surface area contributed by atoms with Crippen molar-refractivity contribution in [2.75, 3.05) is 33.3 Å². The smallest absolute Gasteiger partial charge is 0.0839 e. The van der Waals surface area contributed by atoms with Crippen LogP contribution < -0.4 is 0 Å². The molecule has 0 aromatic rings. The first-order chi connectivity index (χ1) is 10.5. The van der Waals surface area contributed by atoms with Crippen molar-refractivity contribution in [3.05, 3.63) is 0 Å². The minimum Gasteiger partial charge on any atom is -0.750 e. The molecule has 0 aromatic heterocycles. The Labute approximate surface area is 141 Å². The fraction of sp³-hybridized carbons (Fsp3) is 1.00. The molecule has 4 nitrogen and oxygen atoms in total. The van der Waals surface area contributed by atoms with Gasteiger partial charge < -0.3 is 13.2 Å². The molecule has 0 aliphatic carbocycles. The molecule has 0 spiro atoms. The standard InChI is InChI=1S/C16H36N.CH4O3S/c1-5-9-13-17(14-10-6-2,15-11-7-3)16-12-8-4;1-4-5(2)3/h5-16H2,1-4H3;1H3,(H,2,3)/q+1;/p-1. The predicted molar refractivity (Wildman–Crippen MR) is 95.3 cm³/mol. The van der Waals surface area contributed by atoms with Crippen LogP contribution in [0, 0.1) is 0 Å². The van der Waals surface area contributed by atoms with Gasteiger partial charge in [-0.3, -0.25) is 0 Å². The summed E-state index contributed by atoms with van der Waals surface area (Å²) in [4.78, 5) is 0. The van der Waals surface area contributed by atoms with E-state index in [-0.39, 0.29) is 0 Å². The van der Waals surface area contributed by atoms with E-state index in [1.54, 1.807) is 0 Å². The second-order valence-corrected chi connectivity index (χ2v) is 6.76. The van der Waals surface area contributed by atoms with Gasteiger partial charge in [-0.25, -0.2) is 4.21 Å². The van der Waals surface area contributed by atoms with Crippen LogP contribution in [0.15, 0.2) is 0 Å². The van der Waals surface area contributed by atoms with E-state index in [0.29, 0.717) is 0 Å². The highest BCUT2D eigenvalue weighted by atomic mass is 32.2. The van der Waals surface area contributed by atoms with Crippen LogP contribution in [0.5, 0.6) is 0 Å². The molecule has 0 heterocycles. The highest BCUT2D eigenvalue weighted by Crippen LogP contribution is 2.16. The van der Waals surface area contributed by atoms with Gasteiger partial charge in [0, 0.05) is 0 Å². The Morgan fingerprint density at radius 3 is 1.14 bits per heavy atom. The summed E-state index contributed by atoms with van der Waals surface area (Å²) >= 11 is -2.32. The second-order valence-electron chi connectivity index (χ2n) is 6.02.